The smallest absolute Gasteiger partial charge is 0.150 e. The van der Waals surface area contributed by atoms with Crippen LogP contribution >= 0.6 is 0 Å². The second-order valence-corrected chi connectivity index (χ2v) is 5.55. The number of anilines is 1. The molecule has 4 heteroatoms. The predicted octanol–water partition coefficient (Wildman–Crippen LogP) is 2.42. The SMILES string of the molecule is CN(C)CC1CCN(c2cc(F)cc(C=O)c2)CC1. The van der Waals surface area contributed by atoms with Crippen LogP contribution in [0, 0.1) is 11.7 Å². The predicted molar refractivity (Wildman–Crippen MR) is 75.3 cm³/mol. The molecule has 19 heavy (non-hydrogen) atoms. The fourth-order valence-electron chi connectivity index (χ4n) is 2.74. The number of hydrogen-bond donors (Lipinski definition) is 0. The largest absolute Gasteiger partial charge is 0.371 e. The number of piperidine rings is 1. The van der Waals surface area contributed by atoms with Gasteiger partial charge in [0.15, 0.2) is 0 Å². The number of benzene rings is 1. The standard InChI is InChI=1S/C15H21FN2O/c1-17(2)10-12-3-5-18(6-4-12)15-8-13(11-19)7-14(16)9-15/h7-9,11-12H,3-6,10H2,1-2H3. The van der Waals surface area contributed by atoms with E-state index in [2.05, 4.69) is 23.9 Å². The van der Waals surface area contributed by atoms with Gasteiger partial charge in [0.2, 0.25) is 0 Å². The summed E-state index contributed by atoms with van der Waals surface area (Å²) in [6.07, 6.45) is 2.93. The summed E-state index contributed by atoms with van der Waals surface area (Å²) < 4.78 is 13.4. The molecule has 1 aliphatic rings. The zero-order valence-electron chi connectivity index (χ0n) is 11.6. The number of carbonyl (C=O) groups excluding carboxylic acids is 1. The first kappa shape index (κ1) is 14.0. The molecule has 0 unspecified atom stereocenters. The Balaban J connectivity index is 2.01. The Morgan fingerprint density at radius 2 is 2.00 bits per heavy atom. The number of carbonyl (C=O) groups is 1. The van der Waals surface area contributed by atoms with E-state index in [1.54, 1.807) is 6.07 Å². The van der Waals surface area contributed by atoms with Gasteiger partial charge >= 0.3 is 0 Å². The van der Waals surface area contributed by atoms with Gasteiger partial charge in [0, 0.05) is 30.9 Å². The minimum absolute atomic E-state index is 0.338. The van der Waals surface area contributed by atoms with Crippen LogP contribution in [0.3, 0.4) is 0 Å². The van der Waals surface area contributed by atoms with Crippen molar-refractivity contribution in [3.63, 3.8) is 0 Å². The number of nitrogens with zero attached hydrogens (tertiary/aromatic N) is 2. The van der Waals surface area contributed by atoms with Crippen LogP contribution in [-0.2, 0) is 0 Å². The van der Waals surface area contributed by atoms with Crippen molar-refractivity contribution in [1.29, 1.82) is 0 Å². The van der Waals surface area contributed by atoms with Crippen LogP contribution in [0.15, 0.2) is 18.2 Å². The van der Waals surface area contributed by atoms with E-state index in [1.807, 2.05) is 0 Å². The molecule has 0 spiro atoms. The van der Waals surface area contributed by atoms with E-state index in [0.29, 0.717) is 17.8 Å². The molecule has 3 nitrogen and oxygen atoms in total. The molecule has 104 valence electrons. The molecule has 0 saturated carbocycles. The van der Waals surface area contributed by atoms with Crippen LogP contribution in [-0.4, -0.2) is 44.9 Å². The monoisotopic (exact) mass is 264 g/mol. The number of halogens is 1. The molecule has 0 bridgehead atoms. The first-order valence-corrected chi connectivity index (χ1v) is 6.74. The summed E-state index contributed by atoms with van der Waals surface area (Å²) in [6.45, 7) is 2.97. The Bertz CT molecular complexity index is 440. The maximum absolute atomic E-state index is 13.4. The Morgan fingerprint density at radius 1 is 1.32 bits per heavy atom. The van der Waals surface area contributed by atoms with Gasteiger partial charge < -0.3 is 9.80 Å². The van der Waals surface area contributed by atoms with Crippen molar-refractivity contribution in [1.82, 2.24) is 4.90 Å². The lowest BCUT2D eigenvalue weighted by atomic mass is 9.96. The third kappa shape index (κ3) is 3.77. The molecule has 2 rings (SSSR count). The molecule has 0 N–H and O–H groups in total. The first-order valence-electron chi connectivity index (χ1n) is 6.74. The molecule has 0 aromatic heterocycles. The number of hydrogen-bond acceptors (Lipinski definition) is 3. The quantitative estimate of drug-likeness (QED) is 0.780. The van der Waals surface area contributed by atoms with Gasteiger partial charge in [-0.3, -0.25) is 4.79 Å². The van der Waals surface area contributed by atoms with Crippen LogP contribution in [0.1, 0.15) is 23.2 Å². The van der Waals surface area contributed by atoms with Crippen molar-refractivity contribution >= 4 is 12.0 Å². The van der Waals surface area contributed by atoms with Gasteiger partial charge in [-0.15, -0.1) is 0 Å². The van der Waals surface area contributed by atoms with E-state index in [9.17, 15) is 9.18 Å². The number of aldehydes is 1. The summed E-state index contributed by atoms with van der Waals surface area (Å²) in [5.74, 6) is 0.375. The van der Waals surface area contributed by atoms with E-state index in [4.69, 9.17) is 0 Å². The van der Waals surface area contributed by atoms with Crippen molar-refractivity contribution in [3.05, 3.63) is 29.6 Å². The summed E-state index contributed by atoms with van der Waals surface area (Å²) in [5, 5.41) is 0. The van der Waals surface area contributed by atoms with E-state index in [-0.39, 0.29) is 5.82 Å². The second kappa shape index (κ2) is 6.15. The van der Waals surface area contributed by atoms with Crippen molar-refractivity contribution in [3.8, 4) is 0 Å². The van der Waals surface area contributed by atoms with Crippen LogP contribution in [0.25, 0.3) is 0 Å². The number of rotatable bonds is 4. The highest BCUT2D eigenvalue weighted by Crippen LogP contribution is 2.25. The van der Waals surface area contributed by atoms with E-state index in [1.165, 1.54) is 12.1 Å². The highest BCUT2D eigenvalue weighted by Gasteiger charge is 2.20. The summed E-state index contributed by atoms with van der Waals surface area (Å²) in [5.41, 5.74) is 1.23. The Hall–Kier alpha value is -1.42. The molecule has 1 saturated heterocycles. The molecule has 1 aromatic carbocycles. The summed E-state index contributed by atoms with van der Waals surface area (Å²) in [4.78, 5) is 15.2. The maximum atomic E-state index is 13.4. The molecule has 1 fully saturated rings. The highest BCUT2D eigenvalue weighted by molar-refractivity contribution is 5.77. The van der Waals surface area contributed by atoms with Gasteiger partial charge in [-0.2, -0.15) is 0 Å². The molecule has 1 heterocycles. The molecule has 0 aliphatic carbocycles. The Morgan fingerprint density at radius 3 is 2.58 bits per heavy atom. The molecule has 0 atom stereocenters. The van der Waals surface area contributed by atoms with E-state index >= 15 is 0 Å². The summed E-state index contributed by atoms with van der Waals surface area (Å²) >= 11 is 0. The minimum Gasteiger partial charge on any atom is -0.371 e. The van der Waals surface area contributed by atoms with Crippen molar-refractivity contribution < 1.29 is 9.18 Å². The lowest BCUT2D eigenvalue weighted by molar-refractivity contribution is 0.112. The average Bonchev–Trinajstić information content (AvgIpc) is 2.38. The van der Waals surface area contributed by atoms with Crippen LogP contribution in [0.2, 0.25) is 0 Å². The van der Waals surface area contributed by atoms with Crippen LogP contribution < -0.4 is 4.90 Å². The zero-order valence-corrected chi connectivity index (χ0v) is 11.6. The zero-order chi connectivity index (χ0) is 13.8. The lowest BCUT2D eigenvalue weighted by Gasteiger charge is -2.34. The Labute approximate surface area is 114 Å². The third-order valence-corrected chi connectivity index (χ3v) is 3.64. The second-order valence-electron chi connectivity index (χ2n) is 5.55. The van der Waals surface area contributed by atoms with Crippen molar-refractivity contribution in [2.24, 2.45) is 5.92 Å². The highest BCUT2D eigenvalue weighted by atomic mass is 19.1. The van der Waals surface area contributed by atoms with Gasteiger partial charge in [0.05, 0.1) is 0 Å². The van der Waals surface area contributed by atoms with E-state index < -0.39 is 0 Å². The topological polar surface area (TPSA) is 23.6 Å². The fourth-order valence-corrected chi connectivity index (χ4v) is 2.74. The fraction of sp³-hybridized carbons (Fsp3) is 0.533. The van der Waals surface area contributed by atoms with Gasteiger partial charge in [0.1, 0.15) is 12.1 Å². The third-order valence-electron chi connectivity index (χ3n) is 3.64. The molecule has 1 aromatic rings. The molecule has 0 amide bonds. The summed E-state index contributed by atoms with van der Waals surface area (Å²) in [7, 11) is 4.19. The van der Waals surface area contributed by atoms with Gasteiger partial charge in [-0.05, 0) is 51.1 Å². The van der Waals surface area contributed by atoms with Crippen LogP contribution in [0.5, 0.6) is 0 Å². The summed E-state index contributed by atoms with van der Waals surface area (Å²) in [6, 6.07) is 4.55. The molecule has 1 aliphatic heterocycles. The van der Waals surface area contributed by atoms with Crippen LogP contribution in [0.4, 0.5) is 10.1 Å². The minimum atomic E-state index is -0.338. The first-order chi connectivity index (χ1) is 9.08. The van der Waals surface area contributed by atoms with Gasteiger partial charge in [-0.1, -0.05) is 0 Å². The van der Waals surface area contributed by atoms with Crippen molar-refractivity contribution in [2.75, 3.05) is 38.6 Å². The van der Waals surface area contributed by atoms with Crippen molar-refractivity contribution in [2.45, 2.75) is 12.8 Å². The Kier molecular flexibility index (Phi) is 4.53. The molecular weight excluding hydrogens is 243 g/mol. The maximum Gasteiger partial charge on any atom is 0.150 e. The molecular formula is C15H21FN2O. The van der Waals surface area contributed by atoms with Gasteiger partial charge in [0.25, 0.3) is 0 Å². The normalized spacial score (nSPS) is 16.9. The average molecular weight is 264 g/mol. The lowest BCUT2D eigenvalue weighted by Crippen LogP contribution is -2.37. The molecule has 0 radical (unpaired) electrons. The van der Waals surface area contributed by atoms with Gasteiger partial charge in [-0.25, -0.2) is 4.39 Å². The van der Waals surface area contributed by atoms with E-state index in [0.717, 1.165) is 38.2 Å².